The van der Waals surface area contributed by atoms with E-state index in [4.69, 9.17) is 9.47 Å². The first-order valence-corrected chi connectivity index (χ1v) is 8.05. The number of benzene rings is 2. The fourth-order valence-electron chi connectivity index (χ4n) is 4.52. The van der Waals surface area contributed by atoms with E-state index in [9.17, 15) is 27.5 Å². The van der Waals surface area contributed by atoms with Crippen LogP contribution in [0.2, 0.25) is 0 Å². The van der Waals surface area contributed by atoms with Crippen LogP contribution in [0.4, 0.5) is 17.6 Å². The van der Waals surface area contributed by atoms with Gasteiger partial charge >= 0.3 is 0 Å². The van der Waals surface area contributed by atoms with Crippen LogP contribution in [0, 0.1) is 23.3 Å². The van der Waals surface area contributed by atoms with E-state index in [0.717, 1.165) is 6.92 Å². The maximum Gasteiger partial charge on any atom is 0.197 e. The van der Waals surface area contributed by atoms with Crippen molar-refractivity contribution < 1.29 is 36.9 Å². The Morgan fingerprint density at radius 2 is 1.22 bits per heavy atom. The summed E-state index contributed by atoms with van der Waals surface area (Å²) in [6, 6.07) is 2.96. The molecule has 2 unspecified atom stereocenters. The Labute approximate surface area is 151 Å². The molecule has 0 heterocycles. The zero-order valence-corrected chi connectivity index (χ0v) is 14.5. The van der Waals surface area contributed by atoms with Crippen molar-refractivity contribution >= 4 is 5.78 Å². The number of hydrogen-bond acceptors (Lipinski definition) is 4. The van der Waals surface area contributed by atoms with E-state index >= 15 is 0 Å². The lowest BCUT2D eigenvalue weighted by atomic mass is 9.83. The van der Waals surface area contributed by atoms with E-state index in [2.05, 4.69) is 0 Å². The number of fused-ring (bicyclic) bond motifs is 8. The van der Waals surface area contributed by atoms with E-state index in [1.165, 1.54) is 26.4 Å². The summed E-state index contributed by atoms with van der Waals surface area (Å²) in [5.41, 5.74) is -3.09. The van der Waals surface area contributed by atoms with Gasteiger partial charge in [0.05, 0.1) is 26.1 Å². The summed E-state index contributed by atoms with van der Waals surface area (Å²) in [5, 5.41) is 11.2. The van der Waals surface area contributed by atoms with Gasteiger partial charge in [0.15, 0.2) is 29.1 Å². The van der Waals surface area contributed by atoms with Crippen molar-refractivity contribution in [3.63, 3.8) is 0 Å². The lowest BCUT2D eigenvalue weighted by Crippen LogP contribution is -2.41. The molecule has 2 aliphatic rings. The van der Waals surface area contributed by atoms with Gasteiger partial charge in [-0.1, -0.05) is 0 Å². The third-order valence-electron chi connectivity index (χ3n) is 5.59. The van der Waals surface area contributed by atoms with Crippen LogP contribution >= 0.6 is 0 Å². The average molecular weight is 382 g/mol. The molecule has 0 spiro atoms. The van der Waals surface area contributed by atoms with E-state index in [0.29, 0.717) is 0 Å². The summed E-state index contributed by atoms with van der Waals surface area (Å²) in [7, 11) is 2.65. The number of Topliss-reactive ketones (excluding diaryl/α,β-unsaturated/α-hetero) is 1. The molecule has 0 radical (unpaired) electrons. The van der Waals surface area contributed by atoms with Gasteiger partial charge in [0, 0.05) is 22.3 Å². The van der Waals surface area contributed by atoms with Gasteiger partial charge in [-0.2, -0.15) is 0 Å². The lowest BCUT2D eigenvalue weighted by molar-refractivity contribution is -0.135. The molecule has 1 N–H and O–H groups in total. The summed E-state index contributed by atoms with van der Waals surface area (Å²) < 4.78 is 67.6. The van der Waals surface area contributed by atoms with Gasteiger partial charge in [-0.3, -0.25) is 4.79 Å². The molecule has 0 aliphatic heterocycles. The molecular weight excluding hydrogens is 368 g/mol. The lowest BCUT2D eigenvalue weighted by Gasteiger charge is -2.25. The molecule has 2 aromatic rings. The first-order chi connectivity index (χ1) is 12.7. The van der Waals surface area contributed by atoms with Crippen molar-refractivity contribution in [3.05, 3.63) is 57.7 Å². The van der Waals surface area contributed by atoms with Crippen LogP contribution in [0.25, 0.3) is 0 Å². The molecule has 4 nitrogen and oxygen atoms in total. The topological polar surface area (TPSA) is 55.8 Å². The fourth-order valence-corrected chi connectivity index (χ4v) is 4.52. The molecule has 0 saturated heterocycles. The Balaban J connectivity index is 2.19. The number of carbonyl (C=O) groups is 1. The third-order valence-corrected chi connectivity index (χ3v) is 5.59. The molecule has 27 heavy (non-hydrogen) atoms. The van der Waals surface area contributed by atoms with Gasteiger partial charge in [0.1, 0.15) is 17.1 Å². The molecule has 2 aromatic carbocycles. The Bertz CT molecular complexity index is 948. The van der Waals surface area contributed by atoms with Crippen molar-refractivity contribution in [1.29, 1.82) is 0 Å². The normalized spacial score (nSPS) is 24.6. The number of halogens is 4. The summed E-state index contributed by atoms with van der Waals surface area (Å²) in [5.74, 6) is -10.6. The van der Waals surface area contributed by atoms with E-state index in [-0.39, 0.29) is 22.6 Å². The highest BCUT2D eigenvalue weighted by molar-refractivity contribution is 5.94. The van der Waals surface area contributed by atoms with Crippen LogP contribution < -0.4 is 9.47 Å². The van der Waals surface area contributed by atoms with Crippen molar-refractivity contribution in [2.24, 2.45) is 0 Å². The van der Waals surface area contributed by atoms with E-state index < -0.39 is 57.6 Å². The molecule has 4 rings (SSSR count). The molecule has 0 amide bonds. The second-order valence-corrected chi connectivity index (χ2v) is 6.63. The van der Waals surface area contributed by atoms with Crippen molar-refractivity contribution in [2.75, 3.05) is 14.2 Å². The number of ether oxygens (including phenoxy) is 2. The standard InChI is InChI=1S/C19H14F4O4/c1-6(24)19(25)13-9-7(26-2)4-5-8(27-3)10(9)14(19)12-11(13)15(20)17(22)18(23)16(12)21/h4-5,13-14,25H,1-3H3. The van der Waals surface area contributed by atoms with Crippen molar-refractivity contribution in [3.8, 4) is 11.5 Å². The minimum absolute atomic E-state index is 0.188. The molecule has 2 aliphatic carbocycles. The molecule has 0 aromatic heterocycles. The van der Waals surface area contributed by atoms with Gasteiger partial charge in [-0.25, -0.2) is 17.6 Å². The van der Waals surface area contributed by atoms with E-state index in [1.807, 2.05) is 0 Å². The van der Waals surface area contributed by atoms with Crippen LogP contribution in [0.1, 0.15) is 41.0 Å². The molecule has 8 heteroatoms. The fraction of sp³-hybridized carbons (Fsp3) is 0.316. The Hall–Kier alpha value is -2.61. The highest BCUT2D eigenvalue weighted by Crippen LogP contribution is 2.67. The molecule has 2 bridgehead atoms. The zero-order chi connectivity index (χ0) is 19.8. The number of rotatable bonds is 3. The summed E-state index contributed by atoms with van der Waals surface area (Å²) in [6.07, 6.45) is 0. The van der Waals surface area contributed by atoms with Crippen LogP contribution in [-0.4, -0.2) is 30.7 Å². The molecule has 0 fully saturated rings. The van der Waals surface area contributed by atoms with Crippen LogP contribution in [0.15, 0.2) is 12.1 Å². The molecule has 142 valence electrons. The highest BCUT2D eigenvalue weighted by Gasteiger charge is 2.66. The van der Waals surface area contributed by atoms with Crippen LogP contribution in [0.3, 0.4) is 0 Å². The summed E-state index contributed by atoms with van der Waals surface area (Å²) in [4.78, 5) is 12.4. The predicted octanol–water partition coefficient (Wildman–Crippen LogP) is 3.17. The van der Waals surface area contributed by atoms with Gasteiger partial charge in [0.25, 0.3) is 0 Å². The van der Waals surface area contributed by atoms with Crippen LogP contribution in [0.5, 0.6) is 11.5 Å². The van der Waals surface area contributed by atoms with Gasteiger partial charge < -0.3 is 14.6 Å². The minimum atomic E-state index is -2.32. The smallest absolute Gasteiger partial charge is 0.197 e. The SMILES string of the molecule is COc1ccc(OC)c2c1C1c3c(F)c(F)c(F)c(F)c3C2C1(O)C(C)=O. The minimum Gasteiger partial charge on any atom is -0.496 e. The summed E-state index contributed by atoms with van der Waals surface area (Å²) >= 11 is 0. The maximum absolute atomic E-state index is 14.6. The second kappa shape index (κ2) is 5.45. The number of carbonyl (C=O) groups excluding carboxylic acids is 1. The Morgan fingerprint density at radius 3 is 1.52 bits per heavy atom. The number of methoxy groups -OCH3 is 2. The first-order valence-electron chi connectivity index (χ1n) is 8.05. The Kier molecular flexibility index (Phi) is 3.59. The zero-order valence-electron chi connectivity index (χ0n) is 14.5. The van der Waals surface area contributed by atoms with Gasteiger partial charge in [-0.05, 0) is 19.1 Å². The largest absolute Gasteiger partial charge is 0.496 e. The van der Waals surface area contributed by atoms with Crippen LogP contribution in [-0.2, 0) is 4.79 Å². The average Bonchev–Trinajstić information content (AvgIpc) is 3.09. The molecular formula is C19H14F4O4. The molecule has 0 saturated carbocycles. The van der Waals surface area contributed by atoms with Gasteiger partial charge in [-0.15, -0.1) is 0 Å². The maximum atomic E-state index is 14.6. The first kappa shape index (κ1) is 17.8. The predicted molar refractivity (Wildman–Crippen MR) is 85.1 cm³/mol. The quantitative estimate of drug-likeness (QED) is 0.503. The van der Waals surface area contributed by atoms with Crippen molar-refractivity contribution in [1.82, 2.24) is 0 Å². The number of ketones is 1. The van der Waals surface area contributed by atoms with Gasteiger partial charge in [0.2, 0.25) is 0 Å². The number of hydrogen-bond donors (Lipinski definition) is 1. The highest BCUT2D eigenvalue weighted by atomic mass is 19.2. The van der Waals surface area contributed by atoms with E-state index in [1.54, 1.807) is 0 Å². The molecule has 2 atom stereocenters. The number of aliphatic hydroxyl groups is 1. The third kappa shape index (κ3) is 1.83. The summed E-state index contributed by atoms with van der Waals surface area (Å²) in [6.45, 7) is 1.05. The Morgan fingerprint density at radius 1 is 0.852 bits per heavy atom. The second-order valence-electron chi connectivity index (χ2n) is 6.63. The van der Waals surface area contributed by atoms with Crippen molar-refractivity contribution in [2.45, 2.75) is 24.4 Å². The monoisotopic (exact) mass is 382 g/mol.